The van der Waals surface area contributed by atoms with Crippen molar-refractivity contribution in [1.29, 1.82) is 0 Å². The Morgan fingerprint density at radius 3 is 1.58 bits per heavy atom. The molecular formula is C52H35N3. The van der Waals surface area contributed by atoms with Gasteiger partial charge in [0, 0.05) is 55.4 Å². The lowest BCUT2D eigenvalue weighted by Gasteiger charge is -2.25. The highest BCUT2D eigenvalue weighted by molar-refractivity contribution is 6.19. The van der Waals surface area contributed by atoms with Gasteiger partial charge in [-0.1, -0.05) is 127 Å². The van der Waals surface area contributed by atoms with Crippen LogP contribution < -0.4 is 4.90 Å². The van der Waals surface area contributed by atoms with E-state index in [2.05, 4.69) is 226 Å². The van der Waals surface area contributed by atoms with Crippen molar-refractivity contribution in [2.75, 3.05) is 4.90 Å². The average molecular weight is 702 g/mol. The van der Waals surface area contributed by atoms with Gasteiger partial charge in [-0.05, 0) is 101 Å². The van der Waals surface area contributed by atoms with Crippen LogP contribution in [-0.2, 0) is 0 Å². The Balaban J connectivity index is 1.05. The maximum absolute atomic E-state index is 2.43. The highest BCUT2D eigenvalue weighted by Crippen LogP contribution is 2.41. The molecule has 0 atom stereocenters. The Hall–Kier alpha value is -7.36. The fourth-order valence-electron chi connectivity index (χ4n) is 8.59. The third kappa shape index (κ3) is 5.05. The summed E-state index contributed by atoms with van der Waals surface area (Å²) in [7, 11) is 0. The van der Waals surface area contributed by atoms with Gasteiger partial charge in [0.15, 0.2) is 0 Å². The van der Waals surface area contributed by atoms with E-state index in [0.29, 0.717) is 0 Å². The minimum atomic E-state index is 1.12. The molecule has 0 unspecified atom stereocenters. The summed E-state index contributed by atoms with van der Waals surface area (Å²) in [5.74, 6) is 0. The summed E-state index contributed by atoms with van der Waals surface area (Å²) in [6.07, 6.45) is 0. The Bertz CT molecular complexity index is 3140. The zero-order chi connectivity index (χ0) is 36.3. The standard InChI is InChI=1S/C52H35N3/c1-4-15-39(16-5-1)53(40-17-6-2-7-18-40)42-28-24-36(25-29-42)38-27-32-50-47(34-38)45-22-12-13-23-49(45)54(50)43-30-33-51-48(35-43)46-31-26-37-14-10-11-21-44(37)52(46)55(51)41-19-8-3-9-20-41/h1-35H. The van der Waals surface area contributed by atoms with Gasteiger partial charge in [-0.25, -0.2) is 0 Å². The van der Waals surface area contributed by atoms with E-state index < -0.39 is 0 Å². The molecule has 0 aliphatic rings. The molecule has 11 aromatic rings. The predicted molar refractivity (Wildman–Crippen MR) is 233 cm³/mol. The minimum absolute atomic E-state index is 1.12. The number of anilines is 3. The van der Waals surface area contributed by atoms with Crippen LogP contribution in [0.3, 0.4) is 0 Å². The molecule has 9 aromatic carbocycles. The van der Waals surface area contributed by atoms with Crippen LogP contribution in [0.15, 0.2) is 212 Å². The molecule has 55 heavy (non-hydrogen) atoms. The molecule has 0 spiro atoms. The monoisotopic (exact) mass is 701 g/mol. The van der Waals surface area contributed by atoms with Gasteiger partial charge in [-0.15, -0.1) is 0 Å². The molecule has 0 N–H and O–H groups in total. The normalized spacial score (nSPS) is 11.6. The summed E-state index contributed by atoms with van der Waals surface area (Å²) in [5.41, 5.74) is 12.9. The molecular weight excluding hydrogens is 667 g/mol. The molecule has 2 heterocycles. The number of benzene rings is 9. The number of fused-ring (bicyclic) bond motifs is 8. The van der Waals surface area contributed by atoms with Gasteiger partial charge in [0.1, 0.15) is 0 Å². The molecule has 3 nitrogen and oxygen atoms in total. The zero-order valence-corrected chi connectivity index (χ0v) is 30.0. The molecule has 258 valence electrons. The highest BCUT2D eigenvalue weighted by atomic mass is 15.1. The van der Waals surface area contributed by atoms with Gasteiger partial charge in [0.25, 0.3) is 0 Å². The third-order valence-corrected chi connectivity index (χ3v) is 11.1. The molecule has 0 fully saturated rings. The number of nitrogens with zero attached hydrogens (tertiary/aromatic N) is 3. The molecule has 3 heteroatoms. The summed E-state index contributed by atoms with van der Waals surface area (Å²) >= 11 is 0. The van der Waals surface area contributed by atoms with Crippen LogP contribution in [0.2, 0.25) is 0 Å². The van der Waals surface area contributed by atoms with Gasteiger partial charge in [-0.2, -0.15) is 0 Å². The van der Waals surface area contributed by atoms with E-state index in [1.807, 2.05) is 0 Å². The Labute approximate surface area is 319 Å². The van der Waals surface area contributed by atoms with Crippen LogP contribution in [0, 0.1) is 0 Å². The summed E-state index contributed by atoms with van der Waals surface area (Å²) in [6.45, 7) is 0. The third-order valence-electron chi connectivity index (χ3n) is 11.1. The van der Waals surface area contributed by atoms with Crippen LogP contribution in [-0.4, -0.2) is 9.13 Å². The van der Waals surface area contributed by atoms with Gasteiger partial charge >= 0.3 is 0 Å². The van der Waals surface area contributed by atoms with E-state index in [0.717, 1.165) is 28.4 Å². The number of hydrogen-bond acceptors (Lipinski definition) is 1. The zero-order valence-electron chi connectivity index (χ0n) is 30.0. The van der Waals surface area contributed by atoms with Crippen molar-refractivity contribution in [2.45, 2.75) is 0 Å². The van der Waals surface area contributed by atoms with Crippen LogP contribution in [0.5, 0.6) is 0 Å². The van der Waals surface area contributed by atoms with Crippen molar-refractivity contribution in [3.8, 4) is 22.5 Å². The maximum Gasteiger partial charge on any atom is 0.0619 e. The highest BCUT2D eigenvalue weighted by Gasteiger charge is 2.19. The van der Waals surface area contributed by atoms with Crippen LogP contribution in [0.4, 0.5) is 17.1 Å². The second kappa shape index (κ2) is 12.6. The number of para-hydroxylation sites is 4. The van der Waals surface area contributed by atoms with Gasteiger partial charge in [0.05, 0.1) is 22.1 Å². The van der Waals surface area contributed by atoms with Gasteiger partial charge < -0.3 is 14.0 Å². The topological polar surface area (TPSA) is 13.1 Å². The lowest BCUT2D eigenvalue weighted by molar-refractivity contribution is 1.17. The summed E-state index contributed by atoms with van der Waals surface area (Å²) < 4.78 is 4.86. The number of hydrogen-bond donors (Lipinski definition) is 0. The lowest BCUT2D eigenvalue weighted by Crippen LogP contribution is -2.09. The first kappa shape index (κ1) is 31.2. The van der Waals surface area contributed by atoms with Crippen molar-refractivity contribution >= 4 is 71.4 Å². The van der Waals surface area contributed by atoms with E-state index in [1.165, 1.54) is 65.5 Å². The average Bonchev–Trinajstić information content (AvgIpc) is 3.77. The number of rotatable bonds is 6. The molecule has 0 amide bonds. The van der Waals surface area contributed by atoms with Crippen LogP contribution >= 0.6 is 0 Å². The van der Waals surface area contributed by atoms with Gasteiger partial charge in [0.2, 0.25) is 0 Å². The van der Waals surface area contributed by atoms with Crippen molar-refractivity contribution in [3.63, 3.8) is 0 Å². The Morgan fingerprint density at radius 2 is 0.836 bits per heavy atom. The molecule has 0 aliphatic carbocycles. The molecule has 11 rings (SSSR count). The van der Waals surface area contributed by atoms with Crippen molar-refractivity contribution in [3.05, 3.63) is 212 Å². The predicted octanol–water partition coefficient (Wildman–Crippen LogP) is 14.2. The Kier molecular flexibility index (Phi) is 7.17. The van der Waals surface area contributed by atoms with E-state index >= 15 is 0 Å². The van der Waals surface area contributed by atoms with Gasteiger partial charge in [-0.3, -0.25) is 0 Å². The molecule has 0 bridgehead atoms. The second-order valence-corrected chi connectivity index (χ2v) is 14.2. The first-order valence-electron chi connectivity index (χ1n) is 18.9. The molecule has 0 aliphatic heterocycles. The van der Waals surface area contributed by atoms with E-state index in [9.17, 15) is 0 Å². The van der Waals surface area contributed by atoms with Crippen molar-refractivity contribution in [1.82, 2.24) is 9.13 Å². The van der Waals surface area contributed by atoms with Crippen LogP contribution in [0.1, 0.15) is 0 Å². The van der Waals surface area contributed by atoms with Crippen LogP contribution in [0.25, 0.3) is 76.9 Å². The first-order chi connectivity index (χ1) is 27.3. The van der Waals surface area contributed by atoms with Crippen molar-refractivity contribution < 1.29 is 0 Å². The molecule has 0 saturated heterocycles. The molecule has 2 aromatic heterocycles. The smallest absolute Gasteiger partial charge is 0.0619 e. The first-order valence-corrected chi connectivity index (χ1v) is 18.9. The van der Waals surface area contributed by atoms with E-state index in [-0.39, 0.29) is 0 Å². The largest absolute Gasteiger partial charge is 0.311 e. The maximum atomic E-state index is 2.43. The molecule has 0 radical (unpaired) electrons. The fraction of sp³-hybridized carbons (Fsp3) is 0. The SMILES string of the molecule is c1ccc(N(c2ccccc2)c2ccc(-c3ccc4c(c3)c3ccccc3n4-c3ccc4c(c3)c3ccc5ccccc5c3n4-c3ccccc3)cc2)cc1. The fourth-order valence-corrected chi connectivity index (χ4v) is 8.59. The minimum Gasteiger partial charge on any atom is -0.311 e. The molecule has 0 saturated carbocycles. The number of aromatic nitrogens is 2. The Morgan fingerprint density at radius 1 is 0.291 bits per heavy atom. The second-order valence-electron chi connectivity index (χ2n) is 14.2. The lowest BCUT2D eigenvalue weighted by atomic mass is 10.0. The van der Waals surface area contributed by atoms with E-state index in [4.69, 9.17) is 0 Å². The van der Waals surface area contributed by atoms with Crippen molar-refractivity contribution in [2.24, 2.45) is 0 Å². The summed E-state index contributed by atoms with van der Waals surface area (Å²) in [6, 6.07) is 76.8. The quantitative estimate of drug-likeness (QED) is 0.168. The van der Waals surface area contributed by atoms with E-state index in [1.54, 1.807) is 0 Å². The summed E-state index contributed by atoms with van der Waals surface area (Å²) in [4.78, 5) is 2.30. The summed E-state index contributed by atoms with van der Waals surface area (Å²) in [5, 5.41) is 7.48.